The maximum absolute atomic E-state index is 13.3. The van der Waals surface area contributed by atoms with Crippen LogP contribution in [0.3, 0.4) is 0 Å². The van der Waals surface area contributed by atoms with Gasteiger partial charge in [-0.05, 0) is 67.8 Å². The van der Waals surface area contributed by atoms with E-state index in [0.717, 1.165) is 30.8 Å². The average Bonchev–Trinajstić information content (AvgIpc) is 3.33. The van der Waals surface area contributed by atoms with Crippen molar-refractivity contribution < 1.29 is 13.2 Å². The van der Waals surface area contributed by atoms with Gasteiger partial charge in [0.2, 0.25) is 0 Å². The normalized spacial score (nSPS) is 13.2. The molecular weight excluding hydrogens is 460 g/mol. The number of aromatic nitrogens is 2. The molecule has 0 unspecified atom stereocenters. The van der Waals surface area contributed by atoms with E-state index in [1.807, 2.05) is 36.5 Å². The fourth-order valence-corrected chi connectivity index (χ4v) is 5.75. The van der Waals surface area contributed by atoms with Crippen LogP contribution in [0, 0.1) is 0 Å². The predicted molar refractivity (Wildman–Crippen MR) is 137 cm³/mol. The summed E-state index contributed by atoms with van der Waals surface area (Å²) >= 11 is 0. The number of rotatable bonds is 6. The van der Waals surface area contributed by atoms with E-state index in [2.05, 4.69) is 14.9 Å². The third kappa shape index (κ3) is 4.44. The van der Waals surface area contributed by atoms with E-state index < -0.39 is 15.9 Å². The molecule has 5 rings (SSSR count). The largest absolute Gasteiger partial charge is 0.328 e. The molecule has 1 aromatic heterocycles. The summed E-state index contributed by atoms with van der Waals surface area (Å²) in [5, 5.41) is 2.84. The number of hydrogen-bond acceptors (Lipinski definition) is 4. The minimum absolute atomic E-state index is 0.0514. The van der Waals surface area contributed by atoms with Gasteiger partial charge in [0.1, 0.15) is 10.7 Å². The summed E-state index contributed by atoms with van der Waals surface area (Å²) < 4.78 is 30.1. The molecule has 35 heavy (non-hydrogen) atoms. The molecule has 0 spiro atoms. The van der Waals surface area contributed by atoms with Crippen LogP contribution >= 0.6 is 0 Å². The van der Waals surface area contributed by atoms with Gasteiger partial charge < -0.3 is 9.88 Å². The maximum atomic E-state index is 13.3. The molecule has 0 atom stereocenters. The van der Waals surface area contributed by atoms with E-state index in [1.165, 1.54) is 35.6 Å². The molecule has 4 aromatic rings. The highest BCUT2D eigenvalue weighted by Gasteiger charge is 2.27. The molecule has 0 aliphatic carbocycles. The van der Waals surface area contributed by atoms with Crippen molar-refractivity contribution in [2.24, 2.45) is 0 Å². The fourth-order valence-electron chi connectivity index (χ4n) is 4.37. The van der Waals surface area contributed by atoms with Crippen LogP contribution in [0.1, 0.15) is 28.9 Å². The van der Waals surface area contributed by atoms with Gasteiger partial charge in [-0.15, -0.1) is 0 Å². The van der Waals surface area contributed by atoms with Crippen molar-refractivity contribution in [2.75, 3.05) is 16.7 Å². The van der Waals surface area contributed by atoms with Crippen LogP contribution in [0.2, 0.25) is 0 Å². The molecule has 1 aliphatic heterocycles. The number of anilines is 2. The Hall–Kier alpha value is -3.91. The topological polar surface area (TPSA) is 84.3 Å². The molecule has 178 valence electrons. The van der Waals surface area contributed by atoms with Crippen molar-refractivity contribution in [2.45, 2.75) is 30.7 Å². The number of nitrogens with one attached hydrogen (secondary N) is 1. The lowest BCUT2D eigenvalue weighted by atomic mass is 10.1. The number of imidazole rings is 1. The number of sulfonamides is 1. The first-order chi connectivity index (χ1) is 16.9. The van der Waals surface area contributed by atoms with Crippen molar-refractivity contribution >= 4 is 27.3 Å². The Bertz CT molecular complexity index is 1460. The molecule has 0 fully saturated rings. The Labute approximate surface area is 205 Å². The van der Waals surface area contributed by atoms with Crippen molar-refractivity contribution in [3.8, 4) is 11.4 Å². The number of benzene rings is 3. The lowest BCUT2D eigenvalue weighted by molar-refractivity contribution is 0.102. The number of para-hydroxylation sites is 1. The Balaban J connectivity index is 1.38. The number of carbonyl (C=O) groups excluding carboxylic acids is 1. The van der Waals surface area contributed by atoms with Gasteiger partial charge in [-0.3, -0.25) is 9.10 Å². The second kappa shape index (κ2) is 9.38. The van der Waals surface area contributed by atoms with Crippen molar-refractivity contribution in [1.82, 2.24) is 9.55 Å². The van der Waals surface area contributed by atoms with Crippen LogP contribution in [0.5, 0.6) is 0 Å². The zero-order valence-corrected chi connectivity index (χ0v) is 20.2. The van der Waals surface area contributed by atoms with Crippen molar-refractivity contribution in [1.29, 1.82) is 0 Å². The van der Waals surface area contributed by atoms with Crippen molar-refractivity contribution in [3.63, 3.8) is 0 Å². The highest BCUT2D eigenvalue weighted by molar-refractivity contribution is 7.92. The Morgan fingerprint density at radius 2 is 1.66 bits per heavy atom. The third-order valence-electron chi connectivity index (χ3n) is 6.29. The van der Waals surface area contributed by atoms with Gasteiger partial charge in [-0.2, -0.15) is 0 Å². The van der Waals surface area contributed by atoms with Crippen LogP contribution in [0.4, 0.5) is 11.4 Å². The quantitative estimate of drug-likeness (QED) is 0.417. The second-order valence-electron chi connectivity index (χ2n) is 8.52. The van der Waals surface area contributed by atoms with Gasteiger partial charge in [0, 0.05) is 36.7 Å². The summed E-state index contributed by atoms with van der Waals surface area (Å²) in [6, 6.07) is 22.5. The molecule has 2 heterocycles. The average molecular weight is 487 g/mol. The number of fused-ring (bicyclic) bond motifs is 1. The van der Waals surface area contributed by atoms with E-state index in [4.69, 9.17) is 0 Å². The van der Waals surface area contributed by atoms with Crippen molar-refractivity contribution in [3.05, 3.63) is 96.3 Å². The van der Waals surface area contributed by atoms with E-state index in [0.29, 0.717) is 11.4 Å². The van der Waals surface area contributed by atoms with Crippen LogP contribution in [0.15, 0.2) is 90.0 Å². The van der Waals surface area contributed by atoms with E-state index in [1.54, 1.807) is 36.4 Å². The summed E-state index contributed by atoms with van der Waals surface area (Å²) in [4.78, 5) is 17.7. The summed E-state index contributed by atoms with van der Waals surface area (Å²) in [5.74, 6) is 0.439. The van der Waals surface area contributed by atoms with Gasteiger partial charge in [-0.25, -0.2) is 13.4 Å². The molecule has 0 saturated carbocycles. The second-order valence-corrected chi connectivity index (χ2v) is 10.5. The summed E-state index contributed by atoms with van der Waals surface area (Å²) in [5.41, 5.74) is 3.40. The minimum Gasteiger partial charge on any atom is -0.328 e. The lowest BCUT2D eigenvalue weighted by Crippen LogP contribution is -2.28. The Kier molecular flexibility index (Phi) is 6.13. The highest BCUT2D eigenvalue weighted by atomic mass is 32.2. The molecule has 1 amide bonds. The molecule has 7 nitrogen and oxygen atoms in total. The van der Waals surface area contributed by atoms with Gasteiger partial charge in [-0.1, -0.05) is 30.3 Å². The Morgan fingerprint density at radius 1 is 0.943 bits per heavy atom. The van der Waals surface area contributed by atoms with Crippen LogP contribution < -0.4 is 9.62 Å². The van der Waals surface area contributed by atoms with Crippen LogP contribution in [-0.4, -0.2) is 30.9 Å². The smallest absolute Gasteiger partial charge is 0.264 e. The number of aryl methyl sites for hydroxylation is 1. The lowest BCUT2D eigenvalue weighted by Gasteiger charge is -2.21. The molecule has 8 heteroatoms. The zero-order valence-electron chi connectivity index (χ0n) is 19.4. The molecule has 1 N–H and O–H groups in total. The summed E-state index contributed by atoms with van der Waals surface area (Å²) in [6.45, 7) is 0.964. The summed E-state index contributed by atoms with van der Waals surface area (Å²) in [7, 11) is -2.47. The molecule has 0 bridgehead atoms. The summed E-state index contributed by atoms with van der Waals surface area (Å²) in [6.07, 6.45) is 5.32. The van der Waals surface area contributed by atoms with Gasteiger partial charge in [0.05, 0.1) is 11.3 Å². The molecule has 3 aromatic carbocycles. The van der Waals surface area contributed by atoms with E-state index in [-0.39, 0.29) is 10.5 Å². The number of carbonyl (C=O) groups is 1. The molecule has 1 aliphatic rings. The molecule has 0 saturated heterocycles. The maximum Gasteiger partial charge on any atom is 0.264 e. The van der Waals surface area contributed by atoms with E-state index >= 15 is 0 Å². The highest BCUT2D eigenvalue weighted by Crippen LogP contribution is 2.27. The first-order valence-corrected chi connectivity index (χ1v) is 13.0. The zero-order chi connectivity index (χ0) is 24.4. The fraction of sp³-hybridized carbons (Fsp3) is 0.185. The third-order valence-corrected chi connectivity index (χ3v) is 8.14. The standard InChI is InChI=1S/C27H26N4O3S/c1-30(22-9-3-2-4-10-22)35(33,34)25-13-6-5-12-24(25)27(32)29-21-16-14-20(15-17-21)26-28-19-23-11-7-8-18-31(23)26/h2-6,9-10,12-17,19H,7-8,11,18H2,1H3,(H,29,32). The first kappa shape index (κ1) is 22.9. The number of hydrogen-bond donors (Lipinski definition) is 1. The van der Waals surface area contributed by atoms with Crippen LogP contribution in [0.25, 0.3) is 11.4 Å². The van der Waals surface area contributed by atoms with Gasteiger partial charge in [0.25, 0.3) is 15.9 Å². The predicted octanol–water partition coefficient (Wildman–Crippen LogP) is 4.96. The van der Waals surface area contributed by atoms with Gasteiger partial charge in [0.15, 0.2) is 0 Å². The van der Waals surface area contributed by atoms with E-state index in [9.17, 15) is 13.2 Å². The minimum atomic E-state index is -3.94. The SMILES string of the molecule is CN(c1ccccc1)S(=O)(=O)c1ccccc1C(=O)Nc1ccc(-c2ncc3n2CCCC3)cc1. The number of nitrogens with zero attached hydrogens (tertiary/aromatic N) is 3. The first-order valence-electron chi connectivity index (χ1n) is 11.5. The molecular formula is C27H26N4O3S. The van der Waals surface area contributed by atoms with Gasteiger partial charge >= 0.3 is 0 Å². The molecule has 0 radical (unpaired) electrons. The number of amides is 1. The Morgan fingerprint density at radius 3 is 2.43 bits per heavy atom. The van der Waals surface area contributed by atoms with Crippen LogP contribution in [-0.2, 0) is 23.0 Å². The monoisotopic (exact) mass is 486 g/mol.